The molecule has 0 bridgehead atoms. The van der Waals surface area contributed by atoms with Gasteiger partial charge in [0.1, 0.15) is 11.5 Å². The fourth-order valence-electron chi connectivity index (χ4n) is 3.03. The monoisotopic (exact) mass is 528 g/mol. The first kappa shape index (κ1) is 26.6. The molecule has 0 fully saturated rings. The van der Waals surface area contributed by atoms with Gasteiger partial charge < -0.3 is 4.74 Å². The number of rotatable bonds is 5. The van der Waals surface area contributed by atoms with Crippen LogP contribution in [0.2, 0.25) is 0 Å². The third-order valence-corrected chi connectivity index (χ3v) is 6.78. The average Bonchev–Trinajstić information content (AvgIpc) is 2.76. The molecule has 0 atom stereocenters. The predicted molar refractivity (Wildman–Crippen MR) is 131 cm³/mol. The number of aryl methyl sites for hydroxylation is 2. The topological polar surface area (TPSA) is 9.23 Å². The van der Waals surface area contributed by atoms with Gasteiger partial charge in [-0.2, -0.15) is 0 Å². The molecule has 0 aliphatic rings. The van der Waals surface area contributed by atoms with E-state index in [9.17, 15) is 25.2 Å². The van der Waals surface area contributed by atoms with Crippen molar-refractivity contribution in [1.29, 1.82) is 0 Å². The van der Waals surface area contributed by atoms with Crippen molar-refractivity contribution in [2.75, 3.05) is 0 Å². The molecule has 0 aromatic heterocycles. The van der Waals surface area contributed by atoms with Crippen LogP contribution in [0.5, 0.6) is 11.5 Å². The minimum atomic E-state index is -10.7. The third kappa shape index (κ3) is 10.0. The summed E-state index contributed by atoms with van der Waals surface area (Å²) in [4.78, 5) is 3.94. The fraction of sp³-hybridized carbons (Fsp3) is 0.0769. The Kier molecular flexibility index (Phi) is 7.30. The molecular formula is C26H23F6OPS. The van der Waals surface area contributed by atoms with Crippen molar-refractivity contribution in [1.82, 2.24) is 0 Å². The molecule has 0 spiro atoms. The number of hydrogen-bond acceptors (Lipinski definition) is 1. The fourth-order valence-corrected chi connectivity index (χ4v) is 5.07. The van der Waals surface area contributed by atoms with Crippen molar-refractivity contribution in [2.24, 2.45) is 0 Å². The van der Waals surface area contributed by atoms with Gasteiger partial charge in [-0.15, -0.1) is 0 Å². The van der Waals surface area contributed by atoms with Crippen LogP contribution in [0.1, 0.15) is 11.1 Å². The summed E-state index contributed by atoms with van der Waals surface area (Å²) in [5.41, 5.74) is 2.56. The summed E-state index contributed by atoms with van der Waals surface area (Å²) >= 11 is 0. The van der Waals surface area contributed by atoms with Crippen LogP contribution < -0.4 is 4.74 Å². The quantitative estimate of drug-likeness (QED) is 0.142. The van der Waals surface area contributed by atoms with Crippen LogP contribution in [0.15, 0.2) is 118 Å². The molecule has 4 aromatic carbocycles. The predicted octanol–water partition coefficient (Wildman–Crippen LogP) is 10.6. The second kappa shape index (κ2) is 9.59. The number of benzene rings is 4. The molecule has 186 valence electrons. The molecule has 35 heavy (non-hydrogen) atoms. The molecule has 0 aliphatic carbocycles. The van der Waals surface area contributed by atoms with Crippen molar-refractivity contribution < 1.29 is 29.9 Å². The van der Waals surface area contributed by atoms with Crippen LogP contribution in [-0.2, 0) is 10.9 Å². The van der Waals surface area contributed by atoms with Crippen molar-refractivity contribution in [3.05, 3.63) is 114 Å². The van der Waals surface area contributed by atoms with E-state index in [4.69, 9.17) is 4.74 Å². The Hall–Kier alpha value is -2.96. The van der Waals surface area contributed by atoms with Gasteiger partial charge >= 0.3 is 33.0 Å². The maximum atomic E-state index is 9.87. The second-order valence-electron chi connectivity index (χ2n) is 7.78. The summed E-state index contributed by atoms with van der Waals surface area (Å²) in [5, 5.41) is 0. The molecule has 0 unspecified atom stereocenters. The van der Waals surface area contributed by atoms with Gasteiger partial charge in [-0.05, 0) is 74.5 Å². The Morgan fingerprint density at radius 2 is 0.800 bits per heavy atom. The first-order valence-corrected chi connectivity index (χ1v) is 13.7. The Morgan fingerprint density at radius 3 is 1.17 bits per heavy atom. The van der Waals surface area contributed by atoms with Crippen LogP contribution in [0.3, 0.4) is 0 Å². The molecule has 0 saturated carbocycles. The normalized spacial score (nSPS) is 13.3. The van der Waals surface area contributed by atoms with E-state index >= 15 is 0 Å². The third-order valence-electron chi connectivity index (χ3n) is 4.55. The summed E-state index contributed by atoms with van der Waals surface area (Å²) in [6.45, 7) is 4.26. The van der Waals surface area contributed by atoms with E-state index in [1.807, 2.05) is 30.3 Å². The van der Waals surface area contributed by atoms with E-state index < -0.39 is 7.81 Å². The molecule has 4 aromatic rings. The van der Waals surface area contributed by atoms with Crippen molar-refractivity contribution in [2.45, 2.75) is 28.5 Å². The van der Waals surface area contributed by atoms with Crippen LogP contribution in [0.25, 0.3) is 0 Å². The van der Waals surface area contributed by atoms with Gasteiger partial charge in [-0.3, -0.25) is 0 Å². The van der Waals surface area contributed by atoms with E-state index in [2.05, 4.69) is 86.6 Å². The van der Waals surface area contributed by atoms with Crippen molar-refractivity contribution >= 4 is 18.7 Å². The molecule has 0 aliphatic heterocycles. The number of para-hydroxylation sites is 1. The molecule has 0 saturated heterocycles. The second-order valence-corrected chi connectivity index (χ2v) is 11.7. The van der Waals surface area contributed by atoms with Crippen molar-refractivity contribution in [3.8, 4) is 11.5 Å². The number of hydrogen-bond donors (Lipinski definition) is 0. The summed E-state index contributed by atoms with van der Waals surface area (Å²) in [6, 6.07) is 36.1. The molecule has 0 amide bonds. The Bertz CT molecular complexity index is 1190. The average molecular weight is 528 g/mol. The minimum absolute atomic E-state index is 0.141. The van der Waals surface area contributed by atoms with Gasteiger partial charge in [0, 0.05) is 0 Å². The zero-order valence-corrected chi connectivity index (χ0v) is 20.6. The number of ether oxygens (including phenoxy) is 1. The van der Waals surface area contributed by atoms with Gasteiger partial charge in [0.25, 0.3) is 0 Å². The van der Waals surface area contributed by atoms with Gasteiger partial charge in [0.05, 0.1) is 10.9 Å². The van der Waals surface area contributed by atoms with Gasteiger partial charge in [-0.25, -0.2) is 0 Å². The summed E-state index contributed by atoms with van der Waals surface area (Å²) in [6.07, 6.45) is 0. The summed E-state index contributed by atoms with van der Waals surface area (Å²) in [5.74, 6) is 1.71. The van der Waals surface area contributed by atoms with Crippen LogP contribution in [-0.4, -0.2) is 0 Å². The zero-order chi connectivity index (χ0) is 25.8. The SMILES string of the molecule is Cc1ccc([S+](c2ccc(C)cc2)c2ccc(Oc3ccccc3)cc2)cc1.F[P-](F)(F)(F)(F)F. The Morgan fingerprint density at radius 1 is 0.486 bits per heavy atom. The Balaban J connectivity index is 0.000000429. The van der Waals surface area contributed by atoms with Gasteiger partial charge in [0.2, 0.25) is 0 Å². The van der Waals surface area contributed by atoms with E-state index in [-0.39, 0.29) is 10.9 Å². The van der Waals surface area contributed by atoms with E-state index in [1.165, 1.54) is 25.8 Å². The first-order chi connectivity index (χ1) is 16.1. The molecule has 0 radical (unpaired) electrons. The van der Waals surface area contributed by atoms with Crippen LogP contribution in [0.4, 0.5) is 25.2 Å². The zero-order valence-electron chi connectivity index (χ0n) is 18.8. The number of halogens is 6. The Labute approximate surface area is 203 Å². The summed E-state index contributed by atoms with van der Waals surface area (Å²) < 4.78 is 65.2. The van der Waals surface area contributed by atoms with Crippen molar-refractivity contribution in [3.63, 3.8) is 0 Å². The molecule has 1 nitrogen and oxygen atoms in total. The van der Waals surface area contributed by atoms with E-state index in [1.54, 1.807) is 0 Å². The standard InChI is InChI=1S/C26H23OS.F6P/c1-20-8-14-24(15-9-20)28(25-16-10-21(2)11-17-25)26-18-12-23(13-19-26)27-22-6-4-3-5-7-22;1-7(2,3,4,5)6/h3-19H,1-2H3;/q+1;-1. The first-order valence-electron chi connectivity index (χ1n) is 10.4. The molecular weight excluding hydrogens is 505 g/mol. The van der Waals surface area contributed by atoms with E-state index in [0.29, 0.717) is 0 Å². The molecule has 0 N–H and O–H groups in total. The van der Waals surface area contributed by atoms with Crippen LogP contribution in [0, 0.1) is 13.8 Å². The van der Waals surface area contributed by atoms with Crippen LogP contribution >= 0.6 is 7.81 Å². The molecule has 9 heteroatoms. The van der Waals surface area contributed by atoms with Gasteiger partial charge in [-0.1, -0.05) is 53.6 Å². The van der Waals surface area contributed by atoms with Gasteiger partial charge in [0.15, 0.2) is 14.7 Å². The molecule has 0 heterocycles. The summed E-state index contributed by atoms with van der Waals surface area (Å²) in [7, 11) is -10.8. The maximum absolute atomic E-state index is 10.7. The van der Waals surface area contributed by atoms with E-state index in [0.717, 1.165) is 11.5 Å². The molecule has 4 rings (SSSR count).